The maximum absolute atomic E-state index is 12.1. The Morgan fingerprint density at radius 1 is 1.41 bits per heavy atom. The second-order valence-corrected chi connectivity index (χ2v) is 9.95. The maximum atomic E-state index is 12.1. The molecule has 1 amide bonds. The lowest BCUT2D eigenvalue weighted by molar-refractivity contribution is -0.116. The Bertz CT molecular complexity index is 896. The van der Waals surface area contributed by atoms with E-state index >= 15 is 0 Å². The van der Waals surface area contributed by atoms with Crippen LogP contribution in [0.15, 0.2) is 41.3 Å². The lowest BCUT2D eigenvalue weighted by atomic mass is 10.2. The smallest absolute Gasteiger partial charge is 0.232 e. The third-order valence-corrected chi connectivity index (χ3v) is 6.59. The van der Waals surface area contributed by atoms with Gasteiger partial charge in [-0.05, 0) is 31.0 Å². The predicted octanol–water partition coefficient (Wildman–Crippen LogP) is 3.31. The molecule has 0 aliphatic carbocycles. The van der Waals surface area contributed by atoms with Gasteiger partial charge in [0.15, 0.2) is 4.34 Å². The van der Waals surface area contributed by atoms with Gasteiger partial charge < -0.3 is 5.32 Å². The fourth-order valence-corrected chi connectivity index (χ4v) is 4.77. The number of rotatable bonds is 10. The van der Waals surface area contributed by atoms with Crippen molar-refractivity contribution in [1.82, 2.24) is 10.2 Å². The number of aromatic nitrogens is 2. The van der Waals surface area contributed by atoms with Crippen LogP contribution in [0.2, 0.25) is 0 Å². The quantitative estimate of drug-likeness (QED) is 0.356. The summed E-state index contributed by atoms with van der Waals surface area (Å²) in [6.45, 7) is 5.77. The molecule has 1 N–H and O–H groups in total. The van der Waals surface area contributed by atoms with Crippen LogP contribution in [0.3, 0.4) is 0 Å². The van der Waals surface area contributed by atoms with Crippen molar-refractivity contribution in [3.63, 3.8) is 0 Å². The average Bonchev–Trinajstić information content (AvgIpc) is 3.03. The largest absolute Gasteiger partial charge is 0.301 e. The first-order chi connectivity index (χ1) is 12.8. The number of benzene rings is 1. The number of nitrogens with one attached hydrogen (secondary N) is 1. The first-order valence-electron chi connectivity index (χ1n) is 8.21. The van der Waals surface area contributed by atoms with Crippen molar-refractivity contribution in [2.24, 2.45) is 0 Å². The molecule has 0 unspecified atom stereocenters. The van der Waals surface area contributed by atoms with Crippen molar-refractivity contribution >= 4 is 49.8 Å². The van der Waals surface area contributed by atoms with Gasteiger partial charge in [0, 0.05) is 18.7 Å². The van der Waals surface area contributed by atoms with Crippen LogP contribution in [0.4, 0.5) is 10.8 Å². The third-order valence-electron chi connectivity index (χ3n) is 3.43. The molecule has 1 aromatic carbocycles. The summed E-state index contributed by atoms with van der Waals surface area (Å²) < 4.78 is 26.3. The minimum Gasteiger partial charge on any atom is -0.301 e. The molecule has 2 aromatic rings. The lowest BCUT2D eigenvalue weighted by Gasteiger charge is -2.22. The Labute approximate surface area is 167 Å². The second-order valence-electron chi connectivity index (χ2n) is 5.80. The van der Waals surface area contributed by atoms with Crippen LogP contribution in [0.25, 0.3) is 0 Å². The second kappa shape index (κ2) is 9.86. The van der Waals surface area contributed by atoms with Crippen molar-refractivity contribution in [3.8, 4) is 0 Å². The molecular weight excluding hydrogens is 404 g/mol. The van der Waals surface area contributed by atoms with Crippen LogP contribution in [0.1, 0.15) is 18.4 Å². The highest BCUT2D eigenvalue weighted by Gasteiger charge is 2.18. The molecule has 27 heavy (non-hydrogen) atoms. The van der Waals surface area contributed by atoms with Gasteiger partial charge in [0.25, 0.3) is 0 Å². The first-order valence-corrected chi connectivity index (χ1v) is 11.9. The Morgan fingerprint density at radius 2 is 2.19 bits per heavy atom. The number of sulfonamides is 1. The fraction of sp³-hybridized carbons (Fsp3) is 0.353. The highest BCUT2D eigenvalue weighted by atomic mass is 32.2. The van der Waals surface area contributed by atoms with Gasteiger partial charge in [-0.25, -0.2) is 8.42 Å². The Morgan fingerprint density at radius 3 is 2.85 bits per heavy atom. The number of hydrogen-bond acceptors (Lipinski definition) is 7. The summed E-state index contributed by atoms with van der Waals surface area (Å²) in [4.78, 5) is 12.1. The molecule has 0 spiro atoms. The molecule has 2 rings (SSSR count). The number of thioether (sulfide) groups is 1. The number of anilines is 2. The number of nitrogens with zero attached hydrogens (tertiary/aromatic N) is 3. The van der Waals surface area contributed by atoms with Gasteiger partial charge in [-0.15, -0.1) is 16.8 Å². The van der Waals surface area contributed by atoms with E-state index in [-0.39, 0.29) is 18.9 Å². The third kappa shape index (κ3) is 6.96. The molecule has 0 radical (unpaired) electrons. The summed E-state index contributed by atoms with van der Waals surface area (Å²) in [5.74, 6) is 0.507. The van der Waals surface area contributed by atoms with Crippen LogP contribution in [0, 0.1) is 6.92 Å². The summed E-state index contributed by atoms with van der Waals surface area (Å²) in [6, 6.07) is 7.27. The maximum Gasteiger partial charge on any atom is 0.232 e. The highest BCUT2D eigenvalue weighted by Crippen LogP contribution is 2.25. The Hall–Kier alpha value is -1.91. The van der Waals surface area contributed by atoms with E-state index < -0.39 is 10.0 Å². The number of carbonyl (C=O) groups is 1. The van der Waals surface area contributed by atoms with Gasteiger partial charge in [0.2, 0.25) is 21.1 Å². The van der Waals surface area contributed by atoms with Crippen molar-refractivity contribution < 1.29 is 13.2 Å². The SMILES string of the molecule is C=CCSc1nnc(NC(=O)CCCN(c2cccc(C)c2)S(C)(=O)=O)s1. The zero-order valence-electron chi connectivity index (χ0n) is 15.2. The summed E-state index contributed by atoms with van der Waals surface area (Å²) in [6.07, 6.45) is 3.52. The summed E-state index contributed by atoms with van der Waals surface area (Å²) in [7, 11) is -3.43. The standard InChI is InChI=1S/C17H22N4O3S3/c1-4-11-25-17-20-19-16(26-17)18-15(22)9-6-10-21(27(3,23)24)14-8-5-7-13(2)12-14/h4-5,7-8,12H,1,6,9-11H2,2-3H3,(H,18,19,22). The number of amides is 1. The van der Waals surface area contributed by atoms with Crippen molar-refractivity contribution in [1.29, 1.82) is 0 Å². The van der Waals surface area contributed by atoms with Gasteiger partial charge in [-0.1, -0.05) is 41.3 Å². The van der Waals surface area contributed by atoms with E-state index in [9.17, 15) is 13.2 Å². The molecule has 7 nitrogen and oxygen atoms in total. The normalized spacial score (nSPS) is 11.2. The van der Waals surface area contributed by atoms with Gasteiger partial charge >= 0.3 is 0 Å². The van der Waals surface area contributed by atoms with E-state index in [0.717, 1.165) is 15.7 Å². The van der Waals surface area contributed by atoms with E-state index in [2.05, 4.69) is 22.1 Å². The first kappa shape index (κ1) is 21.4. The van der Waals surface area contributed by atoms with Crippen molar-refractivity contribution in [2.75, 3.05) is 28.2 Å². The summed E-state index contributed by atoms with van der Waals surface area (Å²) >= 11 is 2.79. The fourth-order valence-electron chi connectivity index (χ4n) is 2.28. The zero-order chi connectivity index (χ0) is 19.9. The zero-order valence-corrected chi connectivity index (χ0v) is 17.7. The van der Waals surface area contributed by atoms with E-state index in [1.165, 1.54) is 33.7 Å². The topological polar surface area (TPSA) is 92.3 Å². The molecule has 0 aliphatic rings. The number of carbonyl (C=O) groups excluding carboxylic acids is 1. The van der Waals surface area contributed by atoms with E-state index in [1.54, 1.807) is 12.1 Å². The molecule has 10 heteroatoms. The monoisotopic (exact) mass is 426 g/mol. The van der Waals surface area contributed by atoms with Crippen LogP contribution in [-0.2, 0) is 14.8 Å². The molecule has 1 aromatic heterocycles. The van der Waals surface area contributed by atoms with Gasteiger partial charge in [-0.2, -0.15) is 0 Å². The predicted molar refractivity (Wildman–Crippen MR) is 112 cm³/mol. The number of hydrogen-bond donors (Lipinski definition) is 1. The van der Waals surface area contributed by atoms with E-state index in [4.69, 9.17) is 0 Å². The Balaban J connectivity index is 1.89. The van der Waals surface area contributed by atoms with E-state index in [1.807, 2.05) is 25.1 Å². The van der Waals surface area contributed by atoms with Gasteiger partial charge in [0.1, 0.15) is 0 Å². The molecule has 0 aliphatic heterocycles. The van der Waals surface area contributed by atoms with Gasteiger partial charge in [0.05, 0.1) is 11.9 Å². The lowest BCUT2D eigenvalue weighted by Crippen LogP contribution is -2.31. The van der Waals surface area contributed by atoms with Crippen LogP contribution in [0.5, 0.6) is 0 Å². The summed E-state index contributed by atoms with van der Waals surface area (Å²) in [5, 5.41) is 11.0. The molecule has 0 saturated carbocycles. The van der Waals surface area contributed by atoms with E-state index in [0.29, 0.717) is 17.2 Å². The van der Waals surface area contributed by atoms with Crippen molar-refractivity contribution in [3.05, 3.63) is 42.5 Å². The molecule has 0 atom stereocenters. The van der Waals surface area contributed by atoms with Gasteiger partial charge in [-0.3, -0.25) is 9.10 Å². The van der Waals surface area contributed by atoms with Crippen LogP contribution < -0.4 is 9.62 Å². The van der Waals surface area contributed by atoms with Crippen LogP contribution >= 0.6 is 23.1 Å². The highest BCUT2D eigenvalue weighted by molar-refractivity contribution is 8.01. The molecular formula is C17H22N4O3S3. The molecule has 146 valence electrons. The Kier molecular flexibility index (Phi) is 7.81. The van der Waals surface area contributed by atoms with Crippen LogP contribution in [-0.4, -0.2) is 43.1 Å². The average molecular weight is 427 g/mol. The number of aryl methyl sites for hydroxylation is 1. The summed E-state index contributed by atoms with van der Waals surface area (Å²) in [5.41, 5.74) is 1.58. The minimum absolute atomic E-state index is 0.187. The minimum atomic E-state index is -3.43. The molecule has 1 heterocycles. The molecule has 0 saturated heterocycles. The molecule has 0 bridgehead atoms. The molecule has 0 fully saturated rings. The van der Waals surface area contributed by atoms with Crippen molar-refractivity contribution in [2.45, 2.75) is 24.1 Å².